The van der Waals surface area contributed by atoms with Crippen LogP contribution in [0.4, 0.5) is 0 Å². The lowest BCUT2D eigenvalue weighted by Gasteiger charge is -1.80. The van der Waals surface area contributed by atoms with Gasteiger partial charge in [-0.05, 0) is 12.1 Å². The number of hydrogen-bond donors (Lipinski definition) is 1. The summed E-state index contributed by atoms with van der Waals surface area (Å²) in [4.78, 5) is 0. The van der Waals surface area contributed by atoms with Crippen LogP contribution in [0.3, 0.4) is 0 Å². The first-order chi connectivity index (χ1) is 5.13. The lowest BCUT2D eigenvalue weighted by atomic mass is 10.4. The van der Waals surface area contributed by atoms with Gasteiger partial charge in [-0.3, -0.25) is 0 Å². The van der Waals surface area contributed by atoms with Gasteiger partial charge in [0.05, 0.1) is 0 Å². The molecule has 1 aromatic carbocycles. The van der Waals surface area contributed by atoms with Crippen molar-refractivity contribution in [3.05, 3.63) is 35.4 Å². The summed E-state index contributed by atoms with van der Waals surface area (Å²) in [6.07, 6.45) is 0. The van der Waals surface area contributed by atoms with Crippen molar-refractivity contribution in [2.45, 2.75) is 0 Å². The van der Waals surface area contributed by atoms with Crippen molar-refractivity contribution >= 4 is 22.1 Å². The number of rotatable bonds is 0. The Labute approximate surface area is 71.1 Å². The molecule has 0 saturated heterocycles. The van der Waals surface area contributed by atoms with E-state index in [4.69, 9.17) is 24.8 Å². The zero-order valence-electron chi connectivity index (χ0n) is 5.49. The van der Waals surface area contributed by atoms with Crippen LogP contribution in [0.1, 0.15) is 0 Å². The smallest absolute Gasteiger partial charge is 0.188 e. The van der Waals surface area contributed by atoms with E-state index in [-0.39, 0.29) is 0 Å². The molecule has 1 aromatic rings. The zero-order valence-corrected chi connectivity index (χ0v) is 7.06. The molecule has 0 aliphatic heterocycles. The molecule has 1 N–H and O–H groups in total. The minimum Gasteiger partial charge on any atom is -0.188 e. The quantitative estimate of drug-likeness (QED) is 0.682. The predicted octanol–water partition coefficient (Wildman–Crippen LogP) is 1.97. The first kappa shape index (κ1) is 10.1. The van der Waals surface area contributed by atoms with Crippen molar-refractivity contribution in [2.75, 3.05) is 0 Å². The molecule has 0 aliphatic carbocycles. The minimum atomic E-state index is -2.61. The molecule has 0 fully saturated rings. The van der Waals surface area contributed by atoms with Gasteiger partial charge in [0.15, 0.2) is 0 Å². The summed E-state index contributed by atoms with van der Waals surface area (Å²) < 4.78 is 22.8. The molecule has 0 bridgehead atoms. The summed E-state index contributed by atoms with van der Waals surface area (Å²) in [5.41, 5.74) is 0. The van der Waals surface area contributed by atoms with Crippen LogP contribution in [-0.2, 0) is 10.5 Å². The first-order valence-corrected chi connectivity index (χ1v) is 4.09. The van der Waals surface area contributed by atoms with E-state index < -0.39 is 10.5 Å². The summed E-state index contributed by atoms with van der Waals surface area (Å²) in [5.74, 6) is 0. The van der Waals surface area contributed by atoms with Gasteiger partial charge < -0.3 is 0 Å². The van der Waals surface area contributed by atoms with Crippen molar-refractivity contribution < 1.29 is 8.42 Å². The van der Waals surface area contributed by atoms with Gasteiger partial charge in [-0.15, -0.1) is 0 Å². The Morgan fingerprint density at radius 2 is 1.55 bits per heavy atom. The third-order valence-electron chi connectivity index (χ3n) is 0.733. The monoisotopic (exact) mass is 191 g/mol. The normalized spacial score (nSPS) is 7.73. The molecule has 0 heterocycles. The molecule has 0 amide bonds. The lowest BCUT2D eigenvalue weighted by Crippen LogP contribution is -1.55. The van der Waals surface area contributed by atoms with Crippen molar-refractivity contribution in [3.63, 3.8) is 0 Å². The van der Waals surface area contributed by atoms with Crippen LogP contribution < -0.4 is 0 Å². The maximum absolute atomic E-state index is 8.67. The highest BCUT2D eigenvalue weighted by molar-refractivity contribution is 7.60. The van der Waals surface area contributed by atoms with Gasteiger partial charge in [0.1, 0.15) is 0 Å². The van der Waals surface area contributed by atoms with Crippen LogP contribution >= 0.6 is 11.6 Å². The number of hydrogen-bond acceptors (Lipinski definition) is 3. The van der Waals surface area contributed by atoms with Crippen molar-refractivity contribution in [1.82, 2.24) is 0 Å². The van der Waals surface area contributed by atoms with Crippen LogP contribution in [0.25, 0.3) is 0 Å². The molecule has 60 valence electrons. The van der Waals surface area contributed by atoms with Crippen molar-refractivity contribution in [1.29, 1.82) is 4.78 Å². The summed E-state index contributed by atoms with van der Waals surface area (Å²) in [6.45, 7) is 0. The SMILES string of the molecule is Clc1ccccc1.N=S(=O)=O. The van der Waals surface area contributed by atoms with Gasteiger partial charge in [0.25, 0.3) is 0 Å². The first-order valence-electron chi connectivity index (χ1n) is 2.64. The Kier molecular flexibility index (Phi) is 5.42. The maximum atomic E-state index is 8.67. The second-order valence-corrected chi connectivity index (χ2v) is 2.44. The van der Waals surface area contributed by atoms with Crippen LogP contribution in [0.15, 0.2) is 30.3 Å². The van der Waals surface area contributed by atoms with Crippen LogP contribution in [0.5, 0.6) is 0 Å². The second kappa shape index (κ2) is 5.88. The lowest BCUT2D eigenvalue weighted by molar-refractivity contribution is 0.620. The summed E-state index contributed by atoms with van der Waals surface area (Å²) in [7, 11) is -2.61. The molecule has 11 heavy (non-hydrogen) atoms. The molecule has 0 saturated carbocycles. The average Bonchev–Trinajstić information content (AvgIpc) is 1.87. The molecular weight excluding hydrogens is 186 g/mol. The van der Waals surface area contributed by atoms with E-state index in [0.29, 0.717) is 0 Å². The highest BCUT2D eigenvalue weighted by Gasteiger charge is 1.74. The molecule has 0 aromatic heterocycles. The highest BCUT2D eigenvalue weighted by atomic mass is 35.5. The summed E-state index contributed by atoms with van der Waals surface area (Å²) in [5, 5.41) is 0.794. The van der Waals surface area contributed by atoms with Crippen LogP contribution in [-0.4, -0.2) is 8.42 Å². The molecule has 1 rings (SSSR count). The van der Waals surface area contributed by atoms with Crippen molar-refractivity contribution in [2.24, 2.45) is 0 Å². The second-order valence-electron chi connectivity index (χ2n) is 1.53. The van der Waals surface area contributed by atoms with Gasteiger partial charge >= 0.3 is 10.5 Å². The number of nitrogens with one attached hydrogen (secondary N) is 1. The molecule has 0 radical (unpaired) electrons. The Hall–Kier alpha value is -0.870. The van der Waals surface area contributed by atoms with Gasteiger partial charge in [0, 0.05) is 5.02 Å². The predicted molar refractivity (Wildman–Crippen MR) is 43.1 cm³/mol. The molecular formula is C6H6ClNO2S. The fourth-order valence-corrected chi connectivity index (χ4v) is 0.560. The van der Waals surface area contributed by atoms with E-state index in [1.54, 1.807) is 0 Å². The van der Waals surface area contributed by atoms with E-state index in [1.807, 2.05) is 30.3 Å². The third-order valence-corrected chi connectivity index (χ3v) is 0.985. The van der Waals surface area contributed by atoms with Crippen molar-refractivity contribution in [3.8, 4) is 0 Å². The summed E-state index contributed by atoms with van der Waals surface area (Å²) in [6, 6.07) is 9.44. The largest absolute Gasteiger partial charge is 0.308 e. The molecule has 0 unspecified atom stereocenters. The van der Waals surface area contributed by atoms with Gasteiger partial charge in [0.2, 0.25) is 0 Å². The number of benzene rings is 1. The Morgan fingerprint density at radius 3 is 1.73 bits per heavy atom. The van der Waals surface area contributed by atoms with Crippen LogP contribution in [0, 0.1) is 4.78 Å². The summed E-state index contributed by atoms with van der Waals surface area (Å²) >= 11 is 5.54. The standard InChI is InChI=1S/C6H5Cl.HNO2S/c7-6-4-2-1-3-5-6;1-4(2)3/h1-5H;1H. The molecule has 0 aliphatic rings. The van der Waals surface area contributed by atoms with E-state index >= 15 is 0 Å². The zero-order chi connectivity index (χ0) is 8.69. The van der Waals surface area contributed by atoms with E-state index in [2.05, 4.69) is 0 Å². The molecule has 0 atom stereocenters. The fourth-order valence-electron chi connectivity index (χ4n) is 0.415. The molecule has 0 spiro atoms. The topological polar surface area (TPSA) is 58.0 Å². The van der Waals surface area contributed by atoms with E-state index in [0.717, 1.165) is 5.02 Å². The Balaban J connectivity index is 0.000000218. The Morgan fingerprint density at radius 1 is 1.18 bits per heavy atom. The van der Waals surface area contributed by atoms with Crippen LogP contribution in [0.2, 0.25) is 5.02 Å². The molecule has 5 heteroatoms. The average molecular weight is 192 g/mol. The Bertz CT molecular complexity index is 287. The van der Waals surface area contributed by atoms with Gasteiger partial charge in [-0.1, -0.05) is 29.8 Å². The van der Waals surface area contributed by atoms with E-state index in [1.165, 1.54) is 0 Å². The minimum absolute atomic E-state index is 0.794. The van der Waals surface area contributed by atoms with E-state index in [9.17, 15) is 0 Å². The van der Waals surface area contributed by atoms with Gasteiger partial charge in [-0.2, -0.15) is 13.2 Å². The third kappa shape index (κ3) is 9.13. The fraction of sp³-hybridized carbons (Fsp3) is 0. The number of halogens is 1. The highest BCUT2D eigenvalue weighted by Crippen LogP contribution is 2.03. The molecule has 3 nitrogen and oxygen atoms in total. The van der Waals surface area contributed by atoms with Gasteiger partial charge in [-0.25, -0.2) is 0 Å². The maximum Gasteiger partial charge on any atom is 0.308 e.